The number of esters is 2. The van der Waals surface area contributed by atoms with Crippen LogP contribution in [0.1, 0.15) is 75.9 Å². The number of benzene rings is 1. The van der Waals surface area contributed by atoms with Crippen molar-refractivity contribution in [3.8, 4) is 0 Å². The van der Waals surface area contributed by atoms with Gasteiger partial charge >= 0.3 is 11.9 Å². The number of hydrogen-bond acceptors (Lipinski definition) is 4. The lowest BCUT2D eigenvalue weighted by atomic mass is 9.80. The molecule has 0 aliphatic heterocycles. The average Bonchev–Trinajstić information content (AvgIpc) is 3.12. The molecule has 0 spiro atoms. The minimum atomic E-state index is -0.294. The third-order valence-corrected chi connectivity index (χ3v) is 5.51. The SMILES string of the molecule is COC(=O)c1cc(CC2CCCC2)c(C(=O)OC)c2c1CCCC2. The summed E-state index contributed by atoms with van der Waals surface area (Å²) in [5.41, 5.74) is 4.34. The maximum atomic E-state index is 12.5. The molecule has 2 aliphatic rings. The van der Waals surface area contributed by atoms with Crippen LogP contribution in [0.5, 0.6) is 0 Å². The fourth-order valence-corrected chi connectivity index (χ4v) is 4.34. The van der Waals surface area contributed by atoms with Crippen molar-refractivity contribution in [2.45, 2.75) is 57.8 Å². The number of carbonyl (C=O) groups excluding carboxylic acids is 2. The first kappa shape index (κ1) is 17.0. The van der Waals surface area contributed by atoms with Gasteiger partial charge in [-0.05, 0) is 60.8 Å². The highest BCUT2D eigenvalue weighted by molar-refractivity contribution is 5.98. The summed E-state index contributed by atoms with van der Waals surface area (Å²) in [7, 11) is 2.85. The molecule has 0 unspecified atom stereocenters. The van der Waals surface area contributed by atoms with Gasteiger partial charge in [0.1, 0.15) is 0 Å². The van der Waals surface area contributed by atoms with Crippen LogP contribution in [0.25, 0.3) is 0 Å². The first-order valence-electron chi connectivity index (χ1n) is 9.00. The van der Waals surface area contributed by atoms with Gasteiger partial charge in [0.05, 0.1) is 25.3 Å². The van der Waals surface area contributed by atoms with Gasteiger partial charge in [-0.15, -0.1) is 0 Å². The first-order valence-corrected chi connectivity index (χ1v) is 9.00. The van der Waals surface area contributed by atoms with Crippen molar-refractivity contribution >= 4 is 11.9 Å². The zero-order valence-corrected chi connectivity index (χ0v) is 14.7. The molecule has 0 bridgehead atoms. The predicted octanol–water partition coefficient (Wildman–Crippen LogP) is 3.87. The summed E-state index contributed by atoms with van der Waals surface area (Å²) in [6, 6.07) is 1.90. The van der Waals surface area contributed by atoms with E-state index in [0.29, 0.717) is 17.0 Å². The first-order chi connectivity index (χ1) is 11.7. The smallest absolute Gasteiger partial charge is 0.338 e. The van der Waals surface area contributed by atoms with Crippen LogP contribution in [-0.2, 0) is 28.7 Å². The molecule has 1 saturated carbocycles. The lowest BCUT2D eigenvalue weighted by Gasteiger charge is -2.24. The minimum Gasteiger partial charge on any atom is -0.465 e. The van der Waals surface area contributed by atoms with Gasteiger partial charge in [-0.25, -0.2) is 9.59 Å². The summed E-state index contributed by atoms with van der Waals surface area (Å²) < 4.78 is 10.1. The fourth-order valence-electron chi connectivity index (χ4n) is 4.34. The van der Waals surface area contributed by atoms with Gasteiger partial charge in [-0.2, -0.15) is 0 Å². The lowest BCUT2D eigenvalue weighted by Crippen LogP contribution is -2.20. The van der Waals surface area contributed by atoms with Crippen molar-refractivity contribution in [3.05, 3.63) is 33.9 Å². The van der Waals surface area contributed by atoms with Gasteiger partial charge in [-0.1, -0.05) is 25.7 Å². The second kappa shape index (κ2) is 7.37. The van der Waals surface area contributed by atoms with Crippen LogP contribution in [0.2, 0.25) is 0 Å². The van der Waals surface area contributed by atoms with Gasteiger partial charge in [0.25, 0.3) is 0 Å². The fraction of sp³-hybridized carbons (Fsp3) is 0.600. The number of ether oxygens (including phenoxy) is 2. The van der Waals surface area contributed by atoms with E-state index in [1.165, 1.54) is 39.9 Å². The number of carbonyl (C=O) groups is 2. The van der Waals surface area contributed by atoms with E-state index in [9.17, 15) is 9.59 Å². The third-order valence-electron chi connectivity index (χ3n) is 5.51. The molecule has 0 saturated heterocycles. The van der Waals surface area contributed by atoms with Crippen LogP contribution in [0, 0.1) is 5.92 Å². The van der Waals surface area contributed by atoms with E-state index >= 15 is 0 Å². The Balaban J connectivity index is 2.12. The zero-order chi connectivity index (χ0) is 17.1. The summed E-state index contributed by atoms with van der Waals surface area (Å²) in [6.45, 7) is 0. The second-order valence-electron chi connectivity index (χ2n) is 6.96. The molecule has 0 radical (unpaired) electrons. The number of fused-ring (bicyclic) bond motifs is 1. The van der Waals surface area contributed by atoms with Crippen molar-refractivity contribution in [3.63, 3.8) is 0 Å². The molecule has 2 aliphatic carbocycles. The van der Waals surface area contributed by atoms with E-state index < -0.39 is 0 Å². The molecular formula is C20H26O4. The Bertz CT molecular complexity index is 642. The zero-order valence-electron chi connectivity index (χ0n) is 14.7. The monoisotopic (exact) mass is 330 g/mol. The summed E-state index contributed by atoms with van der Waals surface area (Å²) in [6.07, 6.45) is 9.51. The molecule has 0 aromatic heterocycles. The molecule has 1 aromatic rings. The summed E-state index contributed by atoms with van der Waals surface area (Å²) in [5, 5.41) is 0. The minimum absolute atomic E-state index is 0.266. The van der Waals surface area contributed by atoms with Crippen molar-refractivity contribution in [2.24, 2.45) is 5.92 Å². The molecule has 0 heterocycles. The Morgan fingerprint density at radius 2 is 1.58 bits per heavy atom. The molecule has 1 aromatic carbocycles. The molecule has 1 fully saturated rings. The van der Waals surface area contributed by atoms with Gasteiger partial charge in [0, 0.05) is 0 Å². The molecule has 4 heteroatoms. The standard InChI is InChI=1S/C20H26O4/c1-23-19(21)17-12-14(11-13-7-3-4-8-13)18(20(22)24-2)16-10-6-5-9-15(16)17/h12-13H,3-11H2,1-2H3. The van der Waals surface area contributed by atoms with Gasteiger partial charge in [0.2, 0.25) is 0 Å². The molecule has 130 valence electrons. The topological polar surface area (TPSA) is 52.6 Å². The summed E-state index contributed by atoms with van der Waals surface area (Å²) >= 11 is 0. The van der Waals surface area contributed by atoms with Crippen LogP contribution in [0.15, 0.2) is 6.07 Å². The summed E-state index contributed by atoms with van der Waals surface area (Å²) in [5.74, 6) is 0.0374. The molecule has 0 amide bonds. The van der Waals surface area contributed by atoms with Crippen LogP contribution < -0.4 is 0 Å². The normalized spacial score (nSPS) is 17.4. The van der Waals surface area contributed by atoms with E-state index in [0.717, 1.165) is 48.8 Å². The Labute approximate surface area is 143 Å². The van der Waals surface area contributed by atoms with Crippen molar-refractivity contribution < 1.29 is 19.1 Å². The van der Waals surface area contributed by atoms with Crippen LogP contribution in [0.4, 0.5) is 0 Å². The largest absolute Gasteiger partial charge is 0.465 e. The maximum absolute atomic E-state index is 12.5. The molecule has 4 nitrogen and oxygen atoms in total. The van der Waals surface area contributed by atoms with E-state index in [1.807, 2.05) is 6.07 Å². The highest BCUT2D eigenvalue weighted by Gasteiger charge is 2.29. The van der Waals surface area contributed by atoms with E-state index in [2.05, 4.69) is 0 Å². The quantitative estimate of drug-likeness (QED) is 0.786. The lowest BCUT2D eigenvalue weighted by molar-refractivity contribution is 0.0582. The van der Waals surface area contributed by atoms with Gasteiger partial charge in [0.15, 0.2) is 0 Å². The highest BCUT2D eigenvalue weighted by Crippen LogP contribution is 2.35. The van der Waals surface area contributed by atoms with E-state index in [-0.39, 0.29) is 11.9 Å². The number of methoxy groups -OCH3 is 2. The molecule has 0 atom stereocenters. The van der Waals surface area contributed by atoms with Crippen LogP contribution in [-0.4, -0.2) is 26.2 Å². The Morgan fingerprint density at radius 1 is 0.958 bits per heavy atom. The van der Waals surface area contributed by atoms with E-state index in [4.69, 9.17) is 9.47 Å². The Morgan fingerprint density at radius 3 is 2.21 bits per heavy atom. The van der Waals surface area contributed by atoms with Crippen LogP contribution in [0.3, 0.4) is 0 Å². The van der Waals surface area contributed by atoms with Gasteiger partial charge in [-0.3, -0.25) is 0 Å². The Hall–Kier alpha value is -1.84. The van der Waals surface area contributed by atoms with Gasteiger partial charge < -0.3 is 9.47 Å². The average molecular weight is 330 g/mol. The molecular weight excluding hydrogens is 304 g/mol. The summed E-state index contributed by atoms with van der Waals surface area (Å²) in [4.78, 5) is 24.8. The molecule has 24 heavy (non-hydrogen) atoms. The van der Waals surface area contributed by atoms with Crippen molar-refractivity contribution in [1.82, 2.24) is 0 Å². The predicted molar refractivity (Wildman–Crippen MR) is 91.4 cm³/mol. The van der Waals surface area contributed by atoms with Crippen molar-refractivity contribution in [1.29, 1.82) is 0 Å². The highest BCUT2D eigenvalue weighted by atomic mass is 16.5. The molecule has 0 N–H and O–H groups in total. The third kappa shape index (κ3) is 3.19. The maximum Gasteiger partial charge on any atom is 0.338 e. The van der Waals surface area contributed by atoms with Crippen molar-refractivity contribution in [2.75, 3.05) is 14.2 Å². The number of hydrogen-bond donors (Lipinski definition) is 0. The van der Waals surface area contributed by atoms with Crippen LogP contribution >= 0.6 is 0 Å². The molecule has 3 rings (SSSR count). The second-order valence-corrected chi connectivity index (χ2v) is 6.96. The number of rotatable bonds is 4. The van der Waals surface area contributed by atoms with E-state index in [1.54, 1.807) is 0 Å². The Kier molecular flexibility index (Phi) is 5.22.